The largest absolute Gasteiger partial charge is 0.351 e. The van der Waals surface area contributed by atoms with Gasteiger partial charge in [0.1, 0.15) is 0 Å². The van der Waals surface area contributed by atoms with E-state index < -0.39 is 15.9 Å². The fourth-order valence-corrected chi connectivity index (χ4v) is 1.82. The van der Waals surface area contributed by atoms with Crippen LogP contribution < -0.4 is 10.5 Å². The van der Waals surface area contributed by atoms with E-state index in [1.54, 1.807) is 25.1 Å². The third-order valence-corrected chi connectivity index (χ3v) is 3.38. The Balaban J connectivity index is 2.68. The zero-order valence-electron chi connectivity index (χ0n) is 9.23. The summed E-state index contributed by atoms with van der Waals surface area (Å²) in [5.74, 6) is -0.718. The topological polar surface area (TPSA) is 89.3 Å². The highest BCUT2D eigenvalue weighted by Gasteiger charge is 2.12. The Morgan fingerprint density at radius 3 is 2.71 bits per heavy atom. The second-order valence-electron chi connectivity index (χ2n) is 3.56. The van der Waals surface area contributed by atoms with Crippen molar-refractivity contribution < 1.29 is 13.2 Å². The van der Waals surface area contributed by atoms with E-state index in [0.717, 1.165) is 5.56 Å². The number of hydrogen-bond acceptors (Lipinski definition) is 3. The maximum absolute atomic E-state index is 11.7. The summed E-state index contributed by atoms with van der Waals surface area (Å²) in [7, 11) is -3.57. The molecule has 1 aromatic rings. The van der Waals surface area contributed by atoms with Crippen LogP contribution in [0.2, 0.25) is 5.02 Å². The maximum Gasteiger partial charge on any atom is 0.252 e. The molecule has 1 rings (SSSR count). The molecule has 1 amide bonds. The Bertz CT molecular complexity index is 528. The van der Waals surface area contributed by atoms with Crippen LogP contribution in [0.15, 0.2) is 18.2 Å². The third kappa shape index (κ3) is 4.33. The highest BCUT2D eigenvalue weighted by atomic mass is 35.5. The summed E-state index contributed by atoms with van der Waals surface area (Å²) in [4.78, 5) is 11.7. The SMILES string of the molecule is Cc1cccc(C(=O)NCCS(N)(=O)=O)c1Cl. The van der Waals surface area contributed by atoms with Crippen LogP contribution in [-0.2, 0) is 10.0 Å². The summed E-state index contributed by atoms with van der Waals surface area (Å²) in [6, 6.07) is 5.06. The van der Waals surface area contributed by atoms with E-state index in [1.807, 2.05) is 0 Å². The van der Waals surface area contributed by atoms with Gasteiger partial charge in [-0.05, 0) is 18.6 Å². The first-order valence-corrected chi connectivity index (χ1v) is 6.94. The van der Waals surface area contributed by atoms with Crippen molar-refractivity contribution in [2.24, 2.45) is 5.14 Å². The second-order valence-corrected chi connectivity index (χ2v) is 5.67. The normalized spacial score (nSPS) is 11.2. The molecule has 0 aliphatic carbocycles. The predicted molar refractivity (Wildman–Crippen MR) is 66.5 cm³/mol. The van der Waals surface area contributed by atoms with Gasteiger partial charge in [0.2, 0.25) is 10.0 Å². The molecule has 17 heavy (non-hydrogen) atoms. The van der Waals surface area contributed by atoms with Gasteiger partial charge in [0.15, 0.2) is 0 Å². The van der Waals surface area contributed by atoms with Crippen LogP contribution in [0.4, 0.5) is 0 Å². The highest BCUT2D eigenvalue weighted by molar-refractivity contribution is 7.89. The molecule has 0 saturated carbocycles. The number of hydrogen-bond donors (Lipinski definition) is 2. The highest BCUT2D eigenvalue weighted by Crippen LogP contribution is 2.19. The summed E-state index contributed by atoms with van der Waals surface area (Å²) < 4.78 is 21.3. The van der Waals surface area contributed by atoms with Gasteiger partial charge in [0.25, 0.3) is 5.91 Å². The van der Waals surface area contributed by atoms with Gasteiger partial charge in [0, 0.05) is 6.54 Å². The smallest absolute Gasteiger partial charge is 0.252 e. The molecule has 0 atom stereocenters. The quantitative estimate of drug-likeness (QED) is 0.847. The zero-order chi connectivity index (χ0) is 13.1. The number of nitrogens with two attached hydrogens (primary N) is 1. The van der Waals surface area contributed by atoms with E-state index in [1.165, 1.54) is 0 Å². The van der Waals surface area contributed by atoms with Crippen LogP contribution in [0.3, 0.4) is 0 Å². The molecular weight excluding hydrogens is 264 g/mol. The van der Waals surface area contributed by atoms with Crippen molar-refractivity contribution in [3.8, 4) is 0 Å². The summed E-state index contributed by atoms with van der Waals surface area (Å²) in [6.07, 6.45) is 0. The van der Waals surface area contributed by atoms with Crippen molar-refractivity contribution in [3.63, 3.8) is 0 Å². The van der Waals surface area contributed by atoms with Gasteiger partial charge >= 0.3 is 0 Å². The first-order chi connectivity index (χ1) is 7.81. The summed E-state index contributed by atoms with van der Waals surface area (Å²) in [5, 5.41) is 7.61. The molecule has 0 aromatic heterocycles. The Labute approximate surface area is 105 Å². The van der Waals surface area contributed by atoms with Crippen molar-refractivity contribution >= 4 is 27.5 Å². The number of amides is 1. The molecule has 0 saturated heterocycles. The molecule has 3 N–H and O–H groups in total. The van der Waals surface area contributed by atoms with E-state index in [0.29, 0.717) is 10.6 Å². The van der Waals surface area contributed by atoms with E-state index in [4.69, 9.17) is 16.7 Å². The second kappa shape index (κ2) is 5.48. The molecule has 1 aromatic carbocycles. The Kier molecular flexibility index (Phi) is 4.50. The number of rotatable bonds is 4. The van der Waals surface area contributed by atoms with Crippen LogP contribution in [0.25, 0.3) is 0 Å². The molecule has 0 unspecified atom stereocenters. The monoisotopic (exact) mass is 276 g/mol. The summed E-state index contributed by atoms with van der Waals surface area (Å²) in [6.45, 7) is 1.74. The number of carbonyl (C=O) groups is 1. The van der Waals surface area contributed by atoms with Gasteiger partial charge < -0.3 is 5.32 Å². The standard InChI is InChI=1S/C10H13ClN2O3S/c1-7-3-2-4-8(9(7)11)10(14)13-5-6-17(12,15)16/h2-4H,5-6H2,1H3,(H,13,14)(H2,12,15,16). The Hall–Kier alpha value is -1.11. The lowest BCUT2D eigenvalue weighted by Gasteiger charge is -2.07. The summed E-state index contributed by atoms with van der Waals surface area (Å²) in [5.41, 5.74) is 1.10. The van der Waals surface area contributed by atoms with Crippen molar-refractivity contribution in [1.82, 2.24) is 5.32 Å². The van der Waals surface area contributed by atoms with Crippen molar-refractivity contribution in [2.45, 2.75) is 6.92 Å². The molecule has 94 valence electrons. The van der Waals surface area contributed by atoms with E-state index in [2.05, 4.69) is 5.32 Å². The van der Waals surface area contributed by atoms with Gasteiger partial charge in [0.05, 0.1) is 16.3 Å². The number of primary sulfonamides is 1. The molecule has 0 aliphatic heterocycles. The van der Waals surface area contributed by atoms with Crippen molar-refractivity contribution in [2.75, 3.05) is 12.3 Å². The number of carbonyl (C=O) groups excluding carboxylic acids is 1. The number of aryl methyl sites for hydroxylation is 1. The first-order valence-electron chi connectivity index (χ1n) is 4.85. The number of benzene rings is 1. The molecule has 0 spiro atoms. The molecule has 0 bridgehead atoms. The Morgan fingerprint density at radius 2 is 2.12 bits per heavy atom. The number of nitrogens with one attached hydrogen (secondary N) is 1. The van der Waals surface area contributed by atoms with Crippen LogP contribution in [0, 0.1) is 6.92 Å². The van der Waals surface area contributed by atoms with Crippen molar-refractivity contribution in [3.05, 3.63) is 34.3 Å². The van der Waals surface area contributed by atoms with Gasteiger partial charge in [-0.15, -0.1) is 0 Å². The molecule has 0 heterocycles. The van der Waals surface area contributed by atoms with Crippen LogP contribution in [0.5, 0.6) is 0 Å². The average molecular weight is 277 g/mol. The molecule has 0 fully saturated rings. The predicted octanol–water partition coefficient (Wildman–Crippen LogP) is 0.667. The molecule has 7 heteroatoms. The number of halogens is 1. The van der Waals surface area contributed by atoms with Gasteiger partial charge in [-0.25, -0.2) is 13.6 Å². The molecule has 0 aliphatic rings. The lowest BCUT2D eigenvalue weighted by molar-refractivity contribution is 0.0956. The molecule has 5 nitrogen and oxygen atoms in total. The van der Waals surface area contributed by atoms with Crippen molar-refractivity contribution in [1.29, 1.82) is 0 Å². The zero-order valence-corrected chi connectivity index (χ0v) is 10.8. The van der Waals surface area contributed by atoms with Gasteiger partial charge in [-0.2, -0.15) is 0 Å². The average Bonchev–Trinajstić information content (AvgIpc) is 2.20. The molecular formula is C10H13ClN2O3S. The van der Waals surface area contributed by atoms with Crippen LogP contribution in [-0.4, -0.2) is 26.6 Å². The lowest BCUT2D eigenvalue weighted by atomic mass is 10.1. The van der Waals surface area contributed by atoms with Gasteiger partial charge in [-0.3, -0.25) is 4.79 Å². The van der Waals surface area contributed by atoms with Crippen LogP contribution >= 0.6 is 11.6 Å². The van der Waals surface area contributed by atoms with Crippen LogP contribution in [0.1, 0.15) is 15.9 Å². The lowest BCUT2D eigenvalue weighted by Crippen LogP contribution is -2.31. The van der Waals surface area contributed by atoms with Gasteiger partial charge in [-0.1, -0.05) is 23.7 Å². The summed E-state index contributed by atoms with van der Waals surface area (Å²) >= 11 is 5.95. The van der Waals surface area contributed by atoms with E-state index in [9.17, 15) is 13.2 Å². The third-order valence-electron chi connectivity index (χ3n) is 2.11. The van der Waals surface area contributed by atoms with E-state index >= 15 is 0 Å². The maximum atomic E-state index is 11.7. The minimum absolute atomic E-state index is 0.0397. The molecule has 0 radical (unpaired) electrons. The minimum Gasteiger partial charge on any atom is -0.351 e. The minimum atomic E-state index is -3.57. The Morgan fingerprint density at radius 1 is 1.47 bits per heavy atom. The van der Waals surface area contributed by atoms with E-state index in [-0.39, 0.29) is 12.3 Å². The fraction of sp³-hybridized carbons (Fsp3) is 0.300. The first kappa shape index (κ1) is 14.0. The fourth-order valence-electron chi connectivity index (χ4n) is 1.22. The number of sulfonamides is 1.